The van der Waals surface area contributed by atoms with Gasteiger partial charge in [-0.15, -0.1) is 0 Å². The first-order valence-electron chi connectivity index (χ1n) is 14.1. The van der Waals surface area contributed by atoms with Crippen molar-refractivity contribution >= 4 is 40.2 Å². The van der Waals surface area contributed by atoms with Crippen molar-refractivity contribution in [3.8, 4) is 0 Å². The summed E-state index contributed by atoms with van der Waals surface area (Å²) in [6, 6.07) is 3.91. The van der Waals surface area contributed by atoms with Crippen molar-refractivity contribution < 1.29 is 14.7 Å². The van der Waals surface area contributed by atoms with Crippen LogP contribution in [0.5, 0.6) is 0 Å². The number of carboxylic acid groups (broad SMARTS) is 1. The van der Waals surface area contributed by atoms with Crippen molar-refractivity contribution in [3.63, 3.8) is 0 Å². The monoisotopic (exact) mass is 545 g/mol. The fourth-order valence-electron chi connectivity index (χ4n) is 6.25. The molecule has 0 spiro atoms. The first-order valence-corrected chi connectivity index (χ1v) is 14.1. The molecule has 0 bridgehead atoms. The Morgan fingerprint density at radius 2 is 1.80 bits per heavy atom. The second-order valence-corrected chi connectivity index (χ2v) is 11.5. The molecule has 3 aliphatic rings. The number of aliphatic carboxylic acids is 1. The minimum Gasteiger partial charge on any atom is -0.481 e. The van der Waals surface area contributed by atoms with E-state index in [-0.39, 0.29) is 22.9 Å². The summed E-state index contributed by atoms with van der Waals surface area (Å²) in [6.45, 7) is 7.14. The molecule has 6 rings (SSSR count). The maximum absolute atomic E-state index is 13.4. The van der Waals surface area contributed by atoms with Crippen LogP contribution in [0.25, 0.3) is 11.0 Å². The van der Waals surface area contributed by atoms with Crippen LogP contribution in [0.3, 0.4) is 0 Å². The van der Waals surface area contributed by atoms with Gasteiger partial charge in [-0.25, -0.2) is 9.97 Å². The summed E-state index contributed by atoms with van der Waals surface area (Å²) < 4.78 is 1.70. The second kappa shape index (κ2) is 10.3. The molecular formula is C29H35N7O4. The minimum atomic E-state index is -0.671. The summed E-state index contributed by atoms with van der Waals surface area (Å²) in [6.07, 6.45) is 8.93. The van der Waals surface area contributed by atoms with Crippen molar-refractivity contribution in [3.05, 3.63) is 46.0 Å². The number of aromatic nitrogens is 4. The number of pyridine rings is 2. The molecule has 40 heavy (non-hydrogen) atoms. The number of rotatable bonds is 8. The van der Waals surface area contributed by atoms with Gasteiger partial charge in [0.15, 0.2) is 5.78 Å². The van der Waals surface area contributed by atoms with E-state index in [0.29, 0.717) is 34.9 Å². The summed E-state index contributed by atoms with van der Waals surface area (Å²) in [4.78, 5) is 55.6. The molecule has 3 aromatic rings. The number of fused-ring (bicyclic) bond motifs is 1. The molecule has 0 radical (unpaired) electrons. The molecule has 1 aliphatic heterocycles. The predicted molar refractivity (Wildman–Crippen MR) is 152 cm³/mol. The number of piperazine rings is 1. The van der Waals surface area contributed by atoms with E-state index in [1.54, 1.807) is 17.7 Å². The summed E-state index contributed by atoms with van der Waals surface area (Å²) in [5, 5.41) is 13.4. The van der Waals surface area contributed by atoms with Crippen LogP contribution in [0.4, 0.5) is 17.5 Å². The maximum Gasteiger partial charge on any atom is 0.310 e. The standard InChI is InChI=1S/C29H35N7O4/c1-18-22-16-31-28(33-25(22)36(20-5-3-4-6-20)26(38)24(18)19(2)37)32-23-8-7-21(15-30-23)35-13-11-34(12-14-35)17-29(9-10-29)27(39)40/h7-8,15-16,20H,3-6,9-14,17H2,1-2H3,(H,39,40)(H,30,31,32,33). The lowest BCUT2D eigenvalue weighted by molar-refractivity contribution is -0.144. The van der Waals surface area contributed by atoms with E-state index in [2.05, 4.69) is 25.1 Å². The normalized spacial score (nSPS) is 19.2. The van der Waals surface area contributed by atoms with Crippen molar-refractivity contribution in [2.45, 2.75) is 58.4 Å². The van der Waals surface area contributed by atoms with Crippen LogP contribution in [-0.4, -0.2) is 74.0 Å². The van der Waals surface area contributed by atoms with Gasteiger partial charge in [0.25, 0.3) is 5.56 Å². The molecule has 2 saturated carbocycles. The molecule has 11 heteroatoms. The highest BCUT2D eigenvalue weighted by Gasteiger charge is 2.51. The predicted octanol–water partition coefficient (Wildman–Crippen LogP) is 3.54. The summed E-state index contributed by atoms with van der Waals surface area (Å²) in [5.74, 6) is 0.0205. The number of aryl methyl sites for hydroxylation is 1. The van der Waals surface area contributed by atoms with Gasteiger partial charge in [-0.05, 0) is 57.2 Å². The van der Waals surface area contributed by atoms with E-state index < -0.39 is 11.4 Å². The quantitative estimate of drug-likeness (QED) is 0.405. The second-order valence-electron chi connectivity index (χ2n) is 11.5. The lowest BCUT2D eigenvalue weighted by Crippen LogP contribution is -2.49. The molecule has 11 nitrogen and oxygen atoms in total. The summed E-state index contributed by atoms with van der Waals surface area (Å²) in [5.41, 5.74) is 1.59. The van der Waals surface area contributed by atoms with Crippen LogP contribution in [0.15, 0.2) is 29.3 Å². The smallest absolute Gasteiger partial charge is 0.310 e. The molecule has 0 amide bonds. The number of hydrogen-bond acceptors (Lipinski definition) is 9. The number of Topliss-reactive ketones (excluding diaryl/α,β-unsaturated/α-hetero) is 1. The third kappa shape index (κ3) is 4.83. The average Bonchev–Trinajstić information content (AvgIpc) is 3.53. The van der Waals surface area contributed by atoms with E-state index in [9.17, 15) is 19.5 Å². The Labute approximate surface area is 232 Å². The zero-order valence-corrected chi connectivity index (χ0v) is 23.0. The van der Waals surface area contributed by atoms with Gasteiger partial charge in [-0.1, -0.05) is 12.8 Å². The highest BCUT2D eigenvalue weighted by Crippen LogP contribution is 2.46. The fraction of sp³-hybridized carbons (Fsp3) is 0.517. The Balaban J connectivity index is 1.18. The number of carbonyl (C=O) groups excluding carboxylic acids is 1. The van der Waals surface area contributed by atoms with Gasteiger partial charge in [0, 0.05) is 50.3 Å². The molecule has 3 fully saturated rings. The SMILES string of the molecule is CC(=O)c1c(C)c2cnc(Nc3ccc(N4CCN(CC5(C(=O)O)CC5)CC4)cn3)nc2n(C2CCCC2)c1=O. The molecule has 4 heterocycles. The van der Waals surface area contributed by atoms with E-state index in [0.717, 1.165) is 70.4 Å². The molecule has 3 aromatic heterocycles. The molecule has 2 N–H and O–H groups in total. The molecule has 0 atom stereocenters. The Hall–Kier alpha value is -3.86. The minimum absolute atomic E-state index is 0.0215. The number of carboxylic acids is 1. The lowest BCUT2D eigenvalue weighted by Gasteiger charge is -2.37. The first-order chi connectivity index (χ1) is 19.3. The van der Waals surface area contributed by atoms with Crippen LogP contribution >= 0.6 is 0 Å². The number of hydrogen-bond donors (Lipinski definition) is 2. The van der Waals surface area contributed by atoms with Crippen LogP contribution in [0, 0.1) is 12.3 Å². The number of ketones is 1. The number of carbonyl (C=O) groups is 2. The third-order valence-corrected chi connectivity index (χ3v) is 8.81. The Bertz CT molecular complexity index is 1520. The van der Waals surface area contributed by atoms with Crippen LogP contribution in [0.2, 0.25) is 0 Å². The van der Waals surface area contributed by atoms with Gasteiger partial charge in [-0.2, -0.15) is 4.98 Å². The fourth-order valence-corrected chi connectivity index (χ4v) is 6.25. The van der Waals surface area contributed by atoms with Gasteiger partial charge in [-0.3, -0.25) is 23.9 Å². The van der Waals surface area contributed by atoms with E-state index in [4.69, 9.17) is 4.98 Å². The first kappa shape index (κ1) is 26.4. The van der Waals surface area contributed by atoms with E-state index in [1.807, 2.05) is 18.3 Å². The van der Waals surface area contributed by atoms with Crippen molar-refractivity contribution in [2.24, 2.45) is 5.41 Å². The molecule has 0 unspecified atom stereocenters. The van der Waals surface area contributed by atoms with Crippen molar-refractivity contribution in [1.29, 1.82) is 0 Å². The van der Waals surface area contributed by atoms with Crippen LogP contribution < -0.4 is 15.8 Å². The summed E-state index contributed by atoms with van der Waals surface area (Å²) in [7, 11) is 0. The zero-order chi connectivity index (χ0) is 28.0. The van der Waals surface area contributed by atoms with Crippen LogP contribution in [0.1, 0.15) is 67.4 Å². The van der Waals surface area contributed by atoms with E-state index >= 15 is 0 Å². The number of nitrogens with zero attached hydrogens (tertiary/aromatic N) is 6. The molecule has 2 aliphatic carbocycles. The third-order valence-electron chi connectivity index (χ3n) is 8.81. The number of nitrogens with one attached hydrogen (secondary N) is 1. The molecule has 0 aromatic carbocycles. The highest BCUT2D eigenvalue weighted by atomic mass is 16.4. The van der Waals surface area contributed by atoms with Crippen molar-refractivity contribution in [1.82, 2.24) is 24.4 Å². The Kier molecular flexibility index (Phi) is 6.77. The van der Waals surface area contributed by atoms with Gasteiger partial charge >= 0.3 is 5.97 Å². The average molecular weight is 546 g/mol. The summed E-state index contributed by atoms with van der Waals surface area (Å²) >= 11 is 0. The van der Waals surface area contributed by atoms with Gasteiger partial charge in [0.1, 0.15) is 11.5 Å². The maximum atomic E-state index is 13.4. The molecule has 1 saturated heterocycles. The molecular weight excluding hydrogens is 510 g/mol. The van der Waals surface area contributed by atoms with Gasteiger partial charge in [0.05, 0.1) is 22.9 Å². The van der Waals surface area contributed by atoms with Crippen molar-refractivity contribution in [2.75, 3.05) is 42.9 Å². The van der Waals surface area contributed by atoms with Gasteiger partial charge < -0.3 is 15.3 Å². The van der Waals surface area contributed by atoms with E-state index in [1.165, 1.54) is 6.92 Å². The molecule has 210 valence electrons. The highest BCUT2D eigenvalue weighted by molar-refractivity contribution is 5.99. The lowest BCUT2D eigenvalue weighted by atomic mass is 10.0. The number of anilines is 3. The topological polar surface area (TPSA) is 134 Å². The largest absolute Gasteiger partial charge is 0.481 e. The van der Waals surface area contributed by atoms with Crippen LogP contribution in [-0.2, 0) is 4.79 Å². The zero-order valence-electron chi connectivity index (χ0n) is 23.0. The Morgan fingerprint density at radius 1 is 1.07 bits per heavy atom. The Morgan fingerprint density at radius 3 is 2.40 bits per heavy atom. The van der Waals surface area contributed by atoms with Gasteiger partial charge in [0.2, 0.25) is 5.95 Å².